The van der Waals surface area contributed by atoms with Crippen LogP contribution in [0.2, 0.25) is 0 Å². The van der Waals surface area contributed by atoms with E-state index >= 15 is 0 Å². The molecule has 21 heavy (non-hydrogen) atoms. The van der Waals surface area contributed by atoms with E-state index in [9.17, 15) is 13.4 Å². The van der Waals surface area contributed by atoms with Crippen LogP contribution in [-0.4, -0.2) is 39.9 Å². The molecule has 0 spiro atoms. The smallest absolute Gasteiger partial charge is 0.252 e. The Kier molecular flexibility index (Phi) is 7.06. The lowest BCUT2D eigenvalue weighted by molar-refractivity contribution is 0.0938. The van der Waals surface area contributed by atoms with Crippen molar-refractivity contribution < 1.29 is 18.5 Å². The summed E-state index contributed by atoms with van der Waals surface area (Å²) in [5, 5.41) is 11.4. The van der Waals surface area contributed by atoms with E-state index in [4.69, 9.17) is 5.11 Å². The van der Waals surface area contributed by atoms with Crippen LogP contribution in [0.3, 0.4) is 0 Å². The largest absolute Gasteiger partial charge is 0.384 e. The van der Waals surface area contributed by atoms with E-state index in [0.717, 1.165) is 6.07 Å². The molecule has 0 aliphatic heterocycles. The molecule has 0 aromatic heterocycles. The Morgan fingerprint density at radius 3 is 2.86 bits per heavy atom. The molecular formula is C15H18FNO3S. The quantitative estimate of drug-likeness (QED) is 0.799. The Morgan fingerprint density at radius 1 is 1.52 bits per heavy atom. The second-order valence-corrected chi connectivity index (χ2v) is 6.14. The van der Waals surface area contributed by atoms with Crippen molar-refractivity contribution in [3.63, 3.8) is 0 Å². The SMILES string of the molecule is CC(CCS(C)=O)NC(=O)c1cc(F)ccc1C#CCO. The lowest BCUT2D eigenvalue weighted by Crippen LogP contribution is -2.34. The Balaban J connectivity index is 2.85. The van der Waals surface area contributed by atoms with Gasteiger partial charge in [-0.1, -0.05) is 11.8 Å². The fourth-order valence-corrected chi connectivity index (χ4v) is 2.35. The summed E-state index contributed by atoms with van der Waals surface area (Å²) in [5.74, 6) is 4.57. The highest BCUT2D eigenvalue weighted by Gasteiger charge is 2.14. The van der Waals surface area contributed by atoms with Crippen molar-refractivity contribution >= 4 is 16.7 Å². The minimum Gasteiger partial charge on any atom is -0.384 e. The topological polar surface area (TPSA) is 66.4 Å². The average molecular weight is 311 g/mol. The molecule has 1 aromatic rings. The van der Waals surface area contributed by atoms with Gasteiger partial charge in [-0.25, -0.2) is 4.39 Å². The van der Waals surface area contributed by atoms with E-state index in [2.05, 4.69) is 17.2 Å². The predicted octanol–water partition coefficient (Wildman–Crippen LogP) is 1.06. The van der Waals surface area contributed by atoms with Gasteiger partial charge in [-0.3, -0.25) is 9.00 Å². The van der Waals surface area contributed by atoms with Crippen molar-refractivity contribution in [3.05, 3.63) is 35.1 Å². The van der Waals surface area contributed by atoms with Gasteiger partial charge in [0.15, 0.2) is 0 Å². The van der Waals surface area contributed by atoms with Crippen LogP contribution in [0.5, 0.6) is 0 Å². The molecule has 1 amide bonds. The maximum absolute atomic E-state index is 13.3. The first-order valence-corrected chi connectivity index (χ1v) is 8.17. The zero-order chi connectivity index (χ0) is 15.8. The molecule has 114 valence electrons. The number of hydrogen-bond donors (Lipinski definition) is 2. The van der Waals surface area contributed by atoms with E-state index in [1.54, 1.807) is 13.2 Å². The Bertz CT molecular complexity index is 592. The number of carbonyl (C=O) groups excluding carboxylic acids is 1. The maximum Gasteiger partial charge on any atom is 0.252 e. The van der Waals surface area contributed by atoms with Gasteiger partial charge in [-0.15, -0.1) is 0 Å². The van der Waals surface area contributed by atoms with Crippen LogP contribution in [0.15, 0.2) is 18.2 Å². The van der Waals surface area contributed by atoms with Crippen LogP contribution in [0, 0.1) is 17.7 Å². The van der Waals surface area contributed by atoms with Crippen molar-refractivity contribution in [2.24, 2.45) is 0 Å². The van der Waals surface area contributed by atoms with Gasteiger partial charge in [0.2, 0.25) is 0 Å². The predicted molar refractivity (Wildman–Crippen MR) is 80.8 cm³/mol. The normalized spacial score (nSPS) is 13.0. The molecule has 0 saturated heterocycles. The average Bonchev–Trinajstić information content (AvgIpc) is 2.43. The van der Waals surface area contributed by atoms with Crippen molar-refractivity contribution in [1.82, 2.24) is 5.32 Å². The number of amides is 1. The van der Waals surface area contributed by atoms with E-state index in [0.29, 0.717) is 17.7 Å². The fraction of sp³-hybridized carbons (Fsp3) is 0.400. The molecular weight excluding hydrogens is 293 g/mol. The van der Waals surface area contributed by atoms with Crippen LogP contribution in [0.25, 0.3) is 0 Å². The molecule has 2 unspecified atom stereocenters. The first-order chi connectivity index (χ1) is 9.93. The molecule has 0 bridgehead atoms. The van der Waals surface area contributed by atoms with Gasteiger partial charge in [-0.2, -0.15) is 0 Å². The Hall–Kier alpha value is -1.71. The molecule has 0 saturated carbocycles. The van der Waals surface area contributed by atoms with E-state index in [-0.39, 0.29) is 18.2 Å². The first-order valence-electron chi connectivity index (χ1n) is 6.44. The molecule has 1 aromatic carbocycles. The van der Waals surface area contributed by atoms with Crippen molar-refractivity contribution in [2.75, 3.05) is 18.6 Å². The van der Waals surface area contributed by atoms with Crippen LogP contribution in [-0.2, 0) is 10.8 Å². The van der Waals surface area contributed by atoms with E-state index in [1.807, 2.05) is 0 Å². The second kappa shape index (κ2) is 8.55. The number of aliphatic hydroxyl groups is 1. The molecule has 0 radical (unpaired) electrons. The molecule has 0 aliphatic rings. The summed E-state index contributed by atoms with van der Waals surface area (Å²) < 4.78 is 24.3. The summed E-state index contributed by atoms with van der Waals surface area (Å²) in [4.78, 5) is 12.2. The summed E-state index contributed by atoms with van der Waals surface area (Å²) in [7, 11) is -0.919. The number of rotatable bonds is 5. The molecule has 0 heterocycles. The highest BCUT2D eigenvalue weighted by molar-refractivity contribution is 7.84. The third-order valence-electron chi connectivity index (χ3n) is 2.74. The zero-order valence-corrected chi connectivity index (χ0v) is 12.8. The summed E-state index contributed by atoms with van der Waals surface area (Å²) in [6.45, 7) is 1.46. The second-order valence-electron chi connectivity index (χ2n) is 4.59. The Morgan fingerprint density at radius 2 is 2.24 bits per heavy atom. The molecule has 4 nitrogen and oxygen atoms in total. The molecule has 2 atom stereocenters. The van der Waals surface area contributed by atoms with Gasteiger partial charge in [0.05, 0.1) is 5.56 Å². The number of aliphatic hydroxyl groups excluding tert-OH is 1. The van der Waals surface area contributed by atoms with Gasteiger partial charge in [0.25, 0.3) is 5.91 Å². The first kappa shape index (κ1) is 17.3. The van der Waals surface area contributed by atoms with Gasteiger partial charge in [-0.05, 0) is 31.5 Å². The van der Waals surface area contributed by atoms with E-state index < -0.39 is 22.5 Å². The summed E-state index contributed by atoms with van der Waals surface area (Å²) >= 11 is 0. The minimum absolute atomic E-state index is 0.125. The van der Waals surface area contributed by atoms with E-state index in [1.165, 1.54) is 12.1 Å². The van der Waals surface area contributed by atoms with Crippen LogP contribution in [0.4, 0.5) is 4.39 Å². The van der Waals surface area contributed by atoms with Gasteiger partial charge < -0.3 is 10.4 Å². The number of nitrogens with one attached hydrogen (secondary N) is 1. The number of hydrogen-bond acceptors (Lipinski definition) is 3. The minimum atomic E-state index is -0.919. The van der Waals surface area contributed by atoms with Gasteiger partial charge >= 0.3 is 0 Å². The van der Waals surface area contributed by atoms with Crippen LogP contribution >= 0.6 is 0 Å². The molecule has 0 aliphatic carbocycles. The third kappa shape index (κ3) is 6.06. The summed E-state index contributed by atoms with van der Waals surface area (Å²) in [6.07, 6.45) is 2.17. The van der Waals surface area contributed by atoms with Gasteiger partial charge in [0, 0.05) is 34.4 Å². The molecule has 0 fully saturated rings. The number of halogens is 1. The zero-order valence-electron chi connectivity index (χ0n) is 12.0. The highest BCUT2D eigenvalue weighted by atomic mass is 32.2. The van der Waals surface area contributed by atoms with Crippen molar-refractivity contribution in [1.29, 1.82) is 0 Å². The third-order valence-corrected chi connectivity index (χ3v) is 3.55. The lowest BCUT2D eigenvalue weighted by Gasteiger charge is -2.14. The van der Waals surface area contributed by atoms with Gasteiger partial charge in [0.1, 0.15) is 12.4 Å². The monoisotopic (exact) mass is 311 g/mol. The standard InChI is InChI=1S/C15H18FNO3S/c1-11(7-9-21(2)20)17-15(19)14-10-13(16)6-5-12(14)4-3-8-18/h5-6,10-11,18H,7-9H2,1-2H3,(H,17,19). The Labute approximate surface area is 126 Å². The molecule has 1 rings (SSSR count). The summed E-state index contributed by atoms with van der Waals surface area (Å²) in [6, 6.07) is 3.55. The van der Waals surface area contributed by atoms with Crippen molar-refractivity contribution in [2.45, 2.75) is 19.4 Å². The van der Waals surface area contributed by atoms with Crippen LogP contribution < -0.4 is 5.32 Å². The lowest BCUT2D eigenvalue weighted by atomic mass is 10.1. The fourth-order valence-electron chi connectivity index (χ4n) is 1.66. The summed E-state index contributed by atoms with van der Waals surface area (Å²) in [5.41, 5.74) is 0.481. The number of carbonyl (C=O) groups is 1. The van der Waals surface area contributed by atoms with Crippen molar-refractivity contribution in [3.8, 4) is 11.8 Å². The molecule has 6 heteroatoms. The maximum atomic E-state index is 13.3. The molecule has 2 N–H and O–H groups in total. The van der Waals surface area contributed by atoms with Crippen LogP contribution in [0.1, 0.15) is 29.3 Å². The highest BCUT2D eigenvalue weighted by Crippen LogP contribution is 2.11. The number of benzene rings is 1.